The van der Waals surface area contributed by atoms with Gasteiger partial charge in [-0.2, -0.15) is 13.2 Å². The second-order valence-corrected chi connectivity index (χ2v) is 5.07. The molecule has 2 atom stereocenters. The van der Waals surface area contributed by atoms with Gasteiger partial charge in [-0.25, -0.2) is 4.39 Å². The predicted octanol–water partition coefficient (Wildman–Crippen LogP) is 4.06. The highest BCUT2D eigenvalue weighted by atomic mass is 32.2. The zero-order valence-electron chi connectivity index (χ0n) is 8.07. The van der Waals surface area contributed by atoms with E-state index in [2.05, 4.69) is 9.24 Å². The summed E-state index contributed by atoms with van der Waals surface area (Å²) < 4.78 is 49.0. The minimum atomic E-state index is -4.18. The highest BCUT2D eigenvalue weighted by molar-refractivity contribution is 8.03. The molecule has 0 saturated carbocycles. The Morgan fingerprint density at radius 2 is 2.13 bits per heavy atom. The molecule has 0 saturated heterocycles. The number of thioether (sulfide) groups is 1. The van der Waals surface area contributed by atoms with Gasteiger partial charge in [0.1, 0.15) is 6.17 Å². The van der Waals surface area contributed by atoms with Crippen LogP contribution in [0.1, 0.15) is 13.3 Å². The maximum Gasteiger partial charge on any atom is 0.398 e. The monoisotopic (exact) mass is 258 g/mol. The van der Waals surface area contributed by atoms with Crippen molar-refractivity contribution in [2.75, 3.05) is 5.75 Å². The normalized spacial score (nSPS) is 23.1. The largest absolute Gasteiger partial charge is 0.398 e. The van der Waals surface area contributed by atoms with E-state index in [1.807, 2.05) is 0 Å². The molecule has 86 valence electrons. The summed E-state index contributed by atoms with van der Waals surface area (Å²) in [4.78, 5) is 0.517. The lowest BCUT2D eigenvalue weighted by Crippen LogP contribution is -2.12. The minimum Gasteiger partial charge on any atom is -0.242 e. The van der Waals surface area contributed by atoms with Crippen molar-refractivity contribution in [3.63, 3.8) is 0 Å². The van der Waals surface area contributed by atoms with Gasteiger partial charge in [0, 0.05) is 11.3 Å². The van der Waals surface area contributed by atoms with E-state index in [0.29, 0.717) is 27.6 Å². The van der Waals surface area contributed by atoms with Crippen LogP contribution in [0.2, 0.25) is 0 Å². The van der Waals surface area contributed by atoms with E-state index in [4.69, 9.17) is 0 Å². The van der Waals surface area contributed by atoms with Crippen molar-refractivity contribution < 1.29 is 17.6 Å². The highest BCUT2D eigenvalue weighted by Crippen LogP contribution is 2.38. The first kappa shape index (κ1) is 13.0. The van der Waals surface area contributed by atoms with Crippen molar-refractivity contribution in [1.82, 2.24) is 0 Å². The highest BCUT2D eigenvalue weighted by Gasteiger charge is 2.28. The lowest BCUT2D eigenvalue weighted by atomic mass is 10.0. The van der Waals surface area contributed by atoms with Crippen molar-refractivity contribution in [1.29, 1.82) is 0 Å². The summed E-state index contributed by atoms with van der Waals surface area (Å²) in [5, 5.41) is 0.613. The third-order valence-electron chi connectivity index (χ3n) is 1.96. The Balaban J connectivity index is 2.66. The number of alkyl halides is 4. The molecular formula is C9H11F4PS. The van der Waals surface area contributed by atoms with Crippen LogP contribution in [0.5, 0.6) is 0 Å². The van der Waals surface area contributed by atoms with Gasteiger partial charge in [0.05, 0.1) is 5.75 Å². The van der Waals surface area contributed by atoms with Gasteiger partial charge in [0.2, 0.25) is 0 Å². The van der Waals surface area contributed by atoms with Gasteiger partial charge >= 0.3 is 6.18 Å². The number of hydrogen-bond acceptors (Lipinski definition) is 1. The van der Waals surface area contributed by atoms with Gasteiger partial charge in [-0.3, -0.25) is 0 Å². The third-order valence-corrected chi connectivity index (χ3v) is 3.88. The summed E-state index contributed by atoms with van der Waals surface area (Å²) in [6.45, 7) is 1.59. The van der Waals surface area contributed by atoms with Crippen molar-refractivity contribution in [2.24, 2.45) is 0 Å². The topological polar surface area (TPSA) is 0 Å². The Hall–Kier alpha value is -0.0200. The van der Waals surface area contributed by atoms with E-state index < -0.39 is 18.1 Å². The molecule has 0 amide bonds. The number of rotatable bonds is 2. The van der Waals surface area contributed by atoms with E-state index >= 15 is 0 Å². The molecule has 0 N–H and O–H groups in total. The molecule has 0 fully saturated rings. The Labute approximate surface area is 92.4 Å². The summed E-state index contributed by atoms with van der Waals surface area (Å²) in [7, 11) is 2.31. The van der Waals surface area contributed by atoms with Crippen molar-refractivity contribution in [3.05, 3.63) is 21.9 Å². The van der Waals surface area contributed by atoms with Crippen LogP contribution in [-0.2, 0) is 0 Å². The summed E-state index contributed by atoms with van der Waals surface area (Å²) in [5.74, 6) is -0.930. The third kappa shape index (κ3) is 4.15. The van der Waals surface area contributed by atoms with Gasteiger partial charge in [-0.1, -0.05) is 0 Å². The Morgan fingerprint density at radius 3 is 2.67 bits per heavy atom. The molecule has 6 heteroatoms. The van der Waals surface area contributed by atoms with Crippen LogP contribution in [0.3, 0.4) is 0 Å². The number of hydrogen-bond donors (Lipinski definition) is 0. The van der Waals surface area contributed by atoms with Gasteiger partial charge < -0.3 is 0 Å². The second kappa shape index (κ2) is 4.88. The smallest absolute Gasteiger partial charge is 0.242 e. The zero-order chi connectivity index (χ0) is 11.6. The van der Waals surface area contributed by atoms with E-state index in [1.54, 1.807) is 6.92 Å². The van der Waals surface area contributed by atoms with E-state index in [9.17, 15) is 17.6 Å². The standard InChI is InChI=1S/C9H11F4PS/c1-5-2-8(7(14)3-6(5)10)15-4-9(11,12)13/h2,6H,3-4,14H2,1H3. The average Bonchev–Trinajstić information content (AvgIpc) is 2.07. The van der Waals surface area contributed by atoms with E-state index in [-0.39, 0.29) is 6.42 Å². The SMILES string of the molecule is CC1=CC(SCC(F)(F)F)=C(P)CC1F. The molecule has 0 aromatic rings. The molecule has 0 aromatic carbocycles. The average molecular weight is 258 g/mol. The summed E-state index contributed by atoms with van der Waals surface area (Å²) >= 11 is 0.709. The molecule has 0 heterocycles. The quantitative estimate of drug-likeness (QED) is 0.531. The molecule has 1 aliphatic carbocycles. The maximum absolute atomic E-state index is 13.1. The first-order chi connectivity index (χ1) is 6.79. The van der Waals surface area contributed by atoms with Crippen LogP contribution in [0, 0.1) is 0 Å². The summed E-state index contributed by atoms with van der Waals surface area (Å²) in [6.07, 6.45) is -3.58. The Bertz CT molecular complexity index is 306. The lowest BCUT2D eigenvalue weighted by molar-refractivity contribution is -0.105. The molecule has 15 heavy (non-hydrogen) atoms. The van der Waals surface area contributed by atoms with Crippen LogP contribution < -0.4 is 0 Å². The first-order valence-corrected chi connectivity index (χ1v) is 5.86. The summed E-state index contributed by atoms with van der Waals surface area (Å²) in [5.41, 5.74) is 0.492. The molecule has 0 nitrogen and oxygen atoms in total. The summed E-state index contributed by atoms with van der Waals surface area (Å²) in [6, 6.07) is 0. The van der Waals surface area contributed by atoms with Crippen LogP contribution in [0.15, 0.2) is 21.9 Å². The van der Waals surface area contributed by atoms with E-state index in [1.165, 1.54) is 6.08 Å². The number of allylic oxidation sites excluding steroid dienone is 3. The molecule has 0 aliphatic heterocycles. The van der Waals surface area contributed by atoms with Crippen LogP contribution in [-0.4, -0.2) is 18.1 Å². The molecule has 0 spiro atoms. The lowest BCUT2D eigenvalue weighted by Gasteiger charge is -2.19. The van der Waals surface area contributed by atoms with Gasteiger partial charge in [0.15, 0.2) is 0 Å². The van der Waals surface area contributed by atoms with Crippen LogP contribution >= 0.6 is 21.0 Å². The fourth-order valence-electron chi connectivity index (χ4n) is 1.14. The molecule has 1 rings (SSSR count). The second-order valence-electron chi connectivity index (χ2n) is 3.35. The van der Waals surface area contributed by atoms with Crippen LogP contribution in [0.25, 0.3) is 0 Å². The Morgan fingerprint density at radius 1 is 1.53 bits per heavy atom. The fraction of sp³-hybridized carbons (Fsp3) is 0.556. The number of halogens is 4. The molecule has 2 unspecified atom stereocenters. The molecule has 0 aromatic heterocycles. The predicted molar refractivity (Wildman–Crippen MR) is 58.5 cm³/mol. The minimum absolute atomic E-state index is 0.174. The fourth-order valence-corrected chi connectivity index (χ4v) is 2.54. The molecular weight excluding hydrogens is 247 g/mol. The Kier molecular flexibility index (Phi) is 4.24. The van der Waals surface area contributed by atoms with Crippen LogP contribution in [0.4, 0.5) is 17.6 Å². The molecule has 0 bridgehead atoms. The van der Waals surface area contributed by atoms with Crippen molar-refractivity contribution in [2.45, 2.75) is 25.7 Å². The maximum atomic E-state index is 13.1. The van der Waals surface area contributed by atoms with Crippen molar-refractivity contribution >= 4 is 21.0 Å². The zero-order valence-corrected chi connectivity index (χ0v) is 10.0. The molecule has 1 aliphatic rings. The first-order valence-electron chi connectivity index (χ1n) is 4.30. The van der Waals surface area contributed by atoms with E-state index in [0.717, 1.165) is 0 Å². The van der Waals surface area contributed by atoms with Gasteiger partial charge in [-0.05, 0) is 23.9 Å². The van der Waals surface area contributed by atoms with Gasteiger partial charge in [0.25, 0.3) is 0 Å². The van der Waals surface area contributed by atoms with Gasteiger partial charge in [-0.15, -0.1) is 21.0 Å². The molecule has 0 radical (unpaired) electrons. The van der Waals surface area contributed by atoms with Crippen molar-refractivity contribution in [3.8, 4) is 0 Å².